The Hall–Kier alpha value is -3.28. The van der Waals surface area contributed by atoms with Gasteiger partial charge in [-0.2, -0.15) is 0 Å². The molecule has 0 saturated carbocycles. The van der Waals surface area contributed by atoms with Crippen LogP contribution in [-0.4, -0.2) is 36.7 Å². The highest BCUT2D eigenvalue weighted by Gasteiger charge is 2.32. The smallest absolute Gasteiger partial charge is 0.273 e. The molecule has 1 aliphatic rings. The monoisotopic (exact) mass is 371 g/mol. The predicted molar refractivity (Wildman–Crippen MR) is 107 cm³/mol. The summed E-state index contributed by atoms with van der Waals surface area (Å²) in [6, 6.07) is 11.8. The highest BCUT2D eigenvalue weighted by molar-refractivity contribution is 6.05. The van der Waals surface area contributed by atoms with Crippen molar-refractivity contribution in [2.75, 3.05) is 6.54 Å². The number of imidazole rings is 1. The number of amides is 1. The van der Waals surface area contributed by atoms with Crippen molar-refractivity contribution in [3.8, 4) is 0 Å². The van der Waals surface area contributed by atoms with E-state index >= 15 is 0 Å². The Kier molecular flexibility index (Phi) is 4.04. The quantitative estimate of drug-likeness (QED) is 0.535. The lowest BCUT2D eigenvalue weighted by molar-refractivity contribution is 0.0594. The Labute approximate surface area is 162 Å². The van der Waals surface area contributed by atoms with E-state index in [0.717, 1.165) is 47.1 Å². The second-order valence-electron chi connectivity index (χ2n) is 7.34. The first kappa shape index (κ1) is 16.9. The molecule has 6 heteroatoms. The number of hydrogen-bond donors (Lipinski definition) is 0. The van der Waals surface area contributed by atoms with Gasteiger partial charge in [0.15, 0.2) is 0 Å². The first-order valence-electron chi connectivity index (χ1n) is 9.67. The third kappa shape index (κ3) is 2.72. The van der Waals surface area contributed by atoms with E-state index in [1.807, 2.05) is 58.8 Å². The zero-order valence-corrected chi connectivity index (χ0v) is 15.7. The number of carbonyl (C=O) groups is 1. The average molecular weight is 371 g/mol. The van der Waals surface area contributed by atoms with Gasteiger partial charge in [0.25, 0.3) is 5.91 Å². The lowest BCUT2D eigenvalue weighted by Crippen LogP contribution is -2.40. The van der Waals surface area contributed by atoms with Crippen LogP contribution in [0.5, 0.6) is 0 Å². The fourth-order valence-electron chi connectivity index (χ4n) is 4.19. The Bertz CT molecular complexity index is 1180. The third-order valence-corrected chi connectivity index (χ3v) is 5.50. The second-order valence-corrected chi connectivity index (χ2v) is 7.34. The molecule has 1 fully saturated rings. The van der Waals surface area contributed by atoms with E-state index < -0.39 is 0 Å². The summed E-state index contributed by atoms with van der Waals surface area (Å²) in [6.45, 7) is 2.69. The Balaban J connectivity index is 1.61. The summed E-state index contributed by atoms with van der Waals surface area (Å²) >= 11 is 0. The van der Waals surface area contributed by atoms with Crippen molar-refractivity contribution in [1.82, 2.24) is 24.3 Å². The van der Waals surface area contributed by atoms with Crippen molar-refractivity contribution in [2.24, 2.45) is 0 Å². The minimum Gasteiger partial charge on any atom is -0.327 e. The number of nitrogens with zero attached hydrogens (tertiary/aromatic N) is 5. The molecule has 4 aromatic rings. The molecule has 0 N–H and O–H groups in total. The molecule has 0 bridgehead atoms. The lowest BCUT2D eigenvalue weighted by Gasteiger charge is -2.35. The molecule has 140 valence electrons. The fraction of sp³-hybridized carbons (Fsp3) is 0.273. The van der Waals surface area contributed by atoms with E-state index in [-0.39, 0.29) is 11.9 Å². The van der Waals surface area contributed by atoms with Crippen LogP contribution in [0.15, 0.2) is 55.1 Å². The Morgan fingerprint density at radius 3 is 3.00 bits per heavy atom. The standard InChI is InChI=1S/C22H21N5O/c1-15-12-17-13-23-14-27(17)21(25-15)19-8-4-5-11-26(19)22(28)20-18-7-3-2-6-16(18)9-10-24-20/h2-3,6-7,9-10,12-14,19H,4-5,8,11H2,1H3. The molecular weight excluding hydrogens is 350 g/mol. The number of pyridine rings is 1. The molecule has 4 heterocycles. The van der Waals surface area contributed by atoms with Crippen LogP contribution >= 0.6 is 0 Å². The molecule has 1 saturated heterocycles. The van der Waals surface area contributed by atoms with E-state index in [0.29, 0.717) is 12.2 Å². The van der Waals surface area contributed by atoms with Gasteiger partial charge >= 0.3 is 0 Å². The highest BCUT2D eigenvalue weighted by Crippen LogP contribution is 2.32. The molecule has 0 radical (unpaired) electrons. The molecule has 0 spiro atoms. The van der Waals surface area contributed by atoms with Gasteiger partial charge in [-0.25, -0.2) is 9.97 Å². The zero-order chi connectivity index (χ0) is 19.1. The molecule has 3 aromatic heterocycles. The summed E-state index contributed by atoms with van der Waals surface area (Å²) in [5.74, 6) is 0.846. The maximum absolute atomic E-state index is 13.6. The van der Waals surface area contributed by atoms with Gasteiger partial charge in [0.1, 0.15) is 17.8 Å². The molecule has 1 atom stereocenters. The number of piperidine rings is 1. The number of carbonyl (C=O) groups excluding carboxylic acids is 1. The number of likely N-dealkylation sites (tertiary alicyclic amines) is 1. The number of benzene rings is 1. The topological polar surface area (TPSA) is 63.4 Å². The first-order chi connectivity index (χ1) is 13.7. The summed E-state index contributed by atoms with van der Waals surface area (Å²) < 4.78 is 2.00. The van der Waals surface area contributed by atoms with Crippen molar-refractivity contribution in [3.05, 3.63) is 72.3 Å². The molecule has 1 unspecified atom stereocenters. The van der Waals surface area contributed by atoms with Crippen molar-refractivity contribution < 1.29 is 4.79 Å². The van der Waals surface area contributed by atoms with Crippen LogP contribution in [0.25, 0.3) is 16.3 Å². The van der Waals surface area contributed by atoms with Crippen LogP contribution in [-0.2, 0) is 0 Å². The van der Waals surface area contributed by atoms with Gasteiger partial charge in [-0.15, -0.1) is 0 Å². The van der Waals surface area contributed by atoms with E-state index in [4.69, 9.17) is 4.98 Å². The molecule has 5 rings (SSSR count). The van der Waals surface area contributed by atoms with Crippen molar-refractivity contribution in [3.63, 3.8) is 0 Å². The first-order valence-corrected chi connectivity index (χ1v) is 9.67. The van der Waals surface area contributed by atoms with Crippen LogP contribution in [0, 0.1) is 6.92 Å². The third-order valence-electron chi connectivity index (χ3n) is 5.50. The van der Waals surface area contributed by atoms with Gasteiger partial charge in [-0.05, 0) is 43.7 Å². The number of rotatable bonds is 2. The fourth-order valence-corrected chi connectivity index (χ4v) is 4.19. The molecule has 1 amide bonds. The van der Waals surface area contributed by atoms with Gasteiger partial charge in [0, 0.05) is 23.8 Å². The maximum Gasteiger partial charge on any atom is 0.273 e. The largest absolute Gasteiger partial charge is 0.327 e. The maximum atomic E-state index is 13.6. The predicted octanol–water partition coefficient (Wildman–Crippen LogP) is 3.95. The van der Waals surface area contributed by atoms with Gasteiger partial charge in [-0.1, -0.05) is 24.3 Å². The van der Waals surface area contributed by atoms with Crippen LogP contribution < -0.4 is 0 Å². The van der Waals surface area contributed by atoms with Crippen molar-refractivity contribution in [1.29, 1.82) is 0 Å². The summed E-state index contributed by atoms with van der Waals surface area (Å²) in [7, 11) is 0. The van der Waals surface area contributed by atoms with E-state index in [1.165, 1.54) is 0 Å². The molecule has 28 heavy (non-hydrogen) atoms. The van der Waals surface area contributed by atoms with Crippen LogP contribution in [0.4, 0.5) is 0 Å². The molecule has 1 aromatic carbocycles. The van der Waals surface area contributed by atoms with E-state index in [1.54, 1.807) is 12.5 Å². The average Bonchev–Trinajstić information content (AvgIpc) is 3.20. The van der Waals surface area contributed by atoms with Gasteiger partial charge in [0.05, 0.1) is 17.8 Å². The summed E-state index contributed by atoms with van der Waals surface area (Å²) in [4.78, 5) is 29.0. The second kappa shape index (κ2) is 6.71. The summed E-state index contributed by atoms with van der Waals surface area (Å²) in [5.41, 5.74) is 2.45. The SMILES string of the molecule is Cc1cc2cncn2c(C2CCCCN2C(=O)c2nccc3ccccc23)n1. The Morgan fingerprint density at radius 1 is 1.18 bits per heavy atom. The minimum atomic E-state index is -0.0846. The van der Waals surface area contributed by atoms with Gasteiger partial charge < -0.3 is 4.90 Å². The molecule has 0 aliphatic carbocycles. The molecule has 1 aliphatic heterocycles. The number of fused-ring (bicyclic) bond motifs is 2. The van der Waals surface area contributed by atoms with Crippen molar-refractivity contribution in [2.45, 2.75) is 32.2 Å². The minimum absolute atomic E-state index is 0.0296. The number of hydrogen-bond acceptors (Lipinski definition) is 4. The molecular formula is C22H21N5O. The van der Waals surface area contributed by atoms with Gasteiger partial charge in [-0.3, -0.25) is 14.2 Å². The van der Waals surface area contributed by atoms with E-state index in [2.05, 4.69) is 9.97 Å². The summed E-state index contributed by atoms with van der Waals surface area (Å²) in [6.07, 6.45) is 8.28. The van der Waals surface area contributed by atoms with Gasteiger partial charge in [0.2, 0.25) is 0 Å². The lowest BCUT2D eigenvalue weighted by atomic mass is 9.99. The van der Waals surface area contributed by atoms with Crippen LogP contribution in [0.1, 0.15) is 47.3 Å². The highest BCUT2D eigenvalue weighted by atomic mass is 16.2. The Morgan fingerprint density at radius 2 is 2.07 bits per heavy atom. The van der Waals surface area contributed by atoms with E-state index in [9.17, 15) is 4.79 Å². The number of aryl methyl sites for hydroxylation is 1. The summed E-state index contributed by atoms with van der Waals surface area (Å²) in [5, 5.41) is 1.92. The number of aromatic nitrogens is 4. The zero-order valence-electron chi connectivity index (χ0n) is 15.7. The van der Waals surface area contributed by atoms with Crippen LogP contribution in [0.2, 0.25) is 0 Å². The van der Waals surface area contributed by atoms with Crippen molar-refractivity contribution >= 4 is 22.2 Å². The van der Waals surface area contributed by atoms with Crippen LogP contribution in [0.3, 0.4) is 0 Å². The molecule has 6 nitrogen and oxygen atoms in total. The normalized spacial score (nSPS) is 17.3.